The average molecular weight is 450 g/mol. The van der Waals surface area contributed by atoms with Crippen LogP contribution in [0.4, 0.5) is 13.2 Å². The van der Waals surface area contributed by atoms with Crippen LogP contribution in [0.3, 0.4) is 0 Å². The fraction of sp³-hybridized carbons (Fsp3) is 0.111. The van der Waals surface area contributed by atoms with Gasteiger partial charge in [0.25, 0.3) is 5.91 Å². The van der Waals surface area contributed by atoms with Crippen molar-refractivity contribution >= 4 is 17.5 Å². The van der Waals surface area contributed by atoms with E-state index >= 15 is 0 Å². The van der Waals surface area contributed by atoms with Crippen LogP contribution >= 0.6 is 11.6 Å². The lowest BCUT2D eigenvalue weighted by Crippen LogP contribution is -2.23. The van der Waals surface area contributed by atoms with Gasteiger partial charge in [0.05, 0.1) is 18.3 Å². The molecule has 0 bridgehead atoms. The SMILES string of the molecule is O=C(NCc1nc(-c2ccc(Cl)cc2)no1)c1cn(-c2ccc(C(F)(F)F)cn2)nn1. The monoisotopic (exact) mass is 449 g/mol. The van der Waals surface area contributed by atoms with Crippen LogP contribution in [0.15, 0.2) is 53.3 Å². The molecule has 1 amide bonds. The highest BCUT2D eigenvalue weighted by atomic mass is 35.5. The Hall–Kier alpha value is -3.80. The number of pyridine rings is 1. The number of benzene rings is 1. The molecule has 0 aliphatic heterocycles. The predicted molar refractivity (Wildman–Crippen MR) is 100 cm³/mol. The molecule has 0 aliphatic carbocycles. The lowest BCUT2D eigenvalue weighted by Gasteiger charge is -2.06. The molecule has 0 spiro atoms. The second-order valence-electron chi connectivity index (χ2n) is 6.15. The number of hydrogen-bond donors (Lipinski definition) is 1. The minimum atomic E-state index is -4.50. The number of alkyl halides is 3. The molecule has 4 rings (SSSR count). The fourth-order valence-electron chi connectivity index (χ4n) is 2.46. The van der Waals surface area contributed by atoms with Crippen molar-refractivity contribution in [1.82, 2.24) is 35.4 Å². The van der Waals surface area contributed by atoms with Gasteiger partial charge in [-0.25, -0.2) is 9.67 Å². The van der Waals surface area contributed by atoms with Crippen LogP contribution in [-0.4, -0.2) is 36.0 Å². The molecule has 1 N–H and O–H groups in total. The van der Waals surface area contributed by atoms with E-state index < -0.39 is 17.6 Å². The van der Waals surface area contributed by atoms with Gasteiger partial charge in [0.1, 0.15) is 0 Å². The Bertz CT molecular complexity index is 1200. The Morgan fingerprint density at radius 3 is 2.61 bits per heavy atom. The van der Waals surface area contributed by atoms with Gasteiger partial charge in [0, 0.05) is 16.8 Å². The number of rotatable bonds is 5. The molecule has 158 valence electrons. The van der Waals surface area contributed by atoms with Gasteiger partial charge in [0.15, 0.2) is 11.5 Å². The van der Waals surface area contributed by atoms with Crippen molar-refractivity contribution in [2.24, 2.45) is 0 Å². The lowest BCUT2D eigenvalue weighted by atomic mass is 10.2. The smallest absolute Gasteiger partial charge is 0.342 e. The number of carbonyl (C=O) groups excluding carboxylic acids is 1. The third kappa shape index (κ3) is 4.69. The van der Waals surface area contributed by atoms with Gasteiger partial charge in [-0.1, -0.05) is 22.0 Å². The Balaban J connectivity index is 1.39. The molecule has 1 aromatic carbocycles. The second-order valence-corrected chi connectivity index (χ2v) is 6.59. The highest BCUT2D eigenvalue weighted by Crippen LogP contribution is 2.28. The number of hydrogen-bond acceptors (Lipinski definition) is 7. The summed E-state index contributed by atoms with van der Waals surface area (Å²) in [6.45, 7) is -0.0647. The molecule has 3 heterocycles. The summed E-state index contributed by atoms with van der Waals surface area (Å²) in [6, 6.07) is 8.80. The van der Waals surface area contributed by atoms with Crippen molar-refractivity contribution < 1.29 is 22.5 Å². The molecular formula is C18H11ClF3N7O2. The standard InChI is InChI=1S/C18H11ClF3N7O2/c19-12-4-1-10(2-5-12)16-25-15(31-27-16)8-24-17(30)13-9-29(28-26-13)14-6-3-11(7-23-14)18(20,21)22/h1-7,9H,8H2,(H,24,30). The quantitative estimate of drug-likeness (QED) is 0.497. The van der Waals surface area contributed by atoms with Gasteiger partial charge >= 0.3 is 6.18 Å². The van der Waals surface area contributed by atoms with Crippen LogP contribution in [0.1, 0.15) is 21.9 Å². The molecular weight excluding hydrogens is 439 g/mol. The zero-order chi connectivity index (χ0) is 22.0. The zero-order valence-corrected chi connectivity index (χ0v) is 16.1. The Kier molecular flexibility index (Phi) is 5.38. The molecule has 3 aromatic heterocycles. The minimum absolute atomic E-state index is 0.0647. The van der Waals surface area contributed by atoms with Crippen molar-refractivity contribution in [1.29, 1.82) is 0 Å². The molecule has 0 saturated heterocycles. The first-order valence-corrected chi connectivity index (χ1v) is 9.00. The normalized spacial score (nSPS) is 11.5. The molecule has 0 unspecified atom stereocenters. The maximum Gasteiger partial charge on any atom is 0.417 e. The summed E-state index contributed by atoms with van der Waals surface area (Å²) in [5.74, 6) is -0.0243. The van der Waals surface area contributed by atoms with Gasteiger partial charge in [0.2, 0.25) is 11.7 Å². The summed E-state index contributed by atoms with van der Waals surface area (Å²) in [5.41, 5.74) is -0.274. The number of halogens is 4. The van der Waals surface area contributed by atoms with E-state index in [1.165, 1.54) is 6.20 Å². The largest absolute Gasteiger partial charge is 0.417 e. The molecule has 0 aliphatic rings. The summed E-state index contributed by atoms with van der Waals surface area (Å²) in [6.07, 6.45) is -2.59. The first-order chi connectivity index (χ1) is 14.8. The summed E-state index contributed by atoms with van der Waals surface area (Å²) >= 11 is 5.84. The topological polar surface area (TPSA) is 112 Å². The molecule has 13 heteroatoms. The highest BCUT2D eigenvalue weighted by molar-refractivity contribution is 6.30. The summed E-state index contributed by atoms with van der Waals surface area (Å²) in [7, 11) is 0. The van der Waals surface area contributed by atoms with E-state index in [9.17, 15) is 18.0 Å². The molecule has 0 saturated carbocycles. The molecule has 4 aromatic rings. The van der Waals surface area contributed by atoms with Crippen molar-refractivity contribution in [3.05, 3.63) is 71.0 Å². The van der Waals surface area contributed by atoms with Crippen molar-refractivity contribution in [3.8, 4) is 17.2 Å². The van der Waals surface area contributed by atoms with Gasteiger partial charge in [-0.2, -0.15) is 18.2 Å². The van der Waals surface area contributed by atoms with E-state index in [4.69, 9.17) is 16.1 Å². The summed E-state index contributed by atoms with van der Waals surface area (Å²) in [4.78, 5) is 20.1. The van der Waals surface area contributed by atoms with Gasteiger partial charge in [-0.15, -0.1) is 5.10 Å². The zero-order valence-electron chi connectivity index (χ0n) is 15.3. The number of aromatic nitrogens is 6. The van der Waals surface area contributed by atoms with Crippen molar-refractivity contribution in [2.75, 3.05) is 0 Å². The third-order valence-electron chi connectivity index (χ3n) is 4.01. The predicted octanol–water partition coefficient (Wildman–Crippen LogP) is 3.31. The third-order valence-corrected chi connectivity index (χ3v) is 4.26. The Morgan fingerprint density at radius 2 is 1.94 bits per heavy atom. The van der Waals surface area contributed by atoms with E-state index in [1.54, 1.807) is 24.3 Å². The number of nitrogens with one attached hydrogen (secondary N) is 1. The first kappa shape index (κ1) is 20.5. The van der Waals surface area contributed by atoms with Gasteiger partial charge in [-0.3, -0.25) is 4.79 Å². The Labute approximate surface area is 176 Å². The van der Waals surface area contributed by atoms with Crippen molar-refractivity contribution in [2.45, 2.75) is 12.7 Å². The van der Waals surface area contributed by atoms with E-state index in [0.29, 0.717) is 22.6 Å². The summed E-state index contributed by atoms with van der Waals surface area (Å²) < 4.78 is 44.0. The first-order valence-electron chi connectivity index (χ1n) is 8.62. The summed E-state index contributed by atoms with van der Waals surface area (Å²) in [5, 5.41) is 14.3. The highest BCUT2D eigenvalue weighted by Gasteiger charge is 2.30. The number of nitrogens with zero attached hydrogens (tertiary/aromatic N) is 6. The molecule has 0 fully saturated rings. The molecule has 0 atom stereocenters. The van der Waals surface area contributed by atoms with E-state index in [0.717, 1.165) is 16.8 Å². The van der Waals surface area contributed by atoms with Gasteiger partial charge < -0.3 is 9.84 Å². The van der Waals surface area contributed by atoms with Crippen LogP contribution in [0.5, 0.6) is 0 Å². The van der Waals surface area contributed by atoms with Crippen LogP contribution < -0.4 is 5.32 Å². The minimum Gasteiger partial charge on any atom is -0.342 e. The average Bonchev–Trinajstić information content (AvgIpc) is 3.42. The maximum absolute atomic E-state index is 12.6. The Morgan fingerprint density at radius 1 is 1.16 bits per heavy atom. The van der Waals surface area contributed by atoms with E-state index in [-0.39, 0.29) is 23.9 Å². The van der Waals surface area contributed by atoms with E-state index in [2.05, 4.69) is 30.8 Å². The molecule has 0 radical (unpaired) electrons. The number of amides is 1. The maximum atomic E-state index is 12.6. The van der Waals surface area contributed by atoms with Crippen LogP contribution in [-0.2, 0) is 12.7 Å². The second kappa shape index (κ2) is 8.14. The van der Waals surface area contributed by atoms with Gasteiger partial charge in [-0.05, 0) is 36.4 Å². The van der Waals surface area contributed by atoms with E-state index in [1.807, 2.05) is 0 Å². The lowest BCUT2D eigenvalue weighted by molar-refractivity contribution is -0.137. The fourth-order valence-corrected chi connectivity index (χ4v) is 2.58. The van der Waals surface area contributed by atoms with Crippen LogP contribution in [0.25, 0.3) is 17.2 Å². The van der Waals surface area contributed by atoms with Crippen LogP contribution in [0.2, 0.25) is 5.02 Å². The number of carbonyl (C=O) groups is 1. The van der Waals surface area contributed by atoms with Crippen LogP contribution in [0, 0.1) is 0 Å². The molecule has 9 nitrogen and oxygen atoms in total. The van der Waals surface area contributed by atoms with Crippen molar-refractivity contribution in [3.63, 3.8) is 0 Å². The molecule has 31 heavy (non-hydrogen) atoms.